The Morgan fingerprint density at radius 2 is 1.39 bits per heavy atom. The lowest BCUT2D eigenvalue weighted by molar-refractivity contribution is 0.477. The fraction of sp³-hybridized carbons (Fsp3) is 0.208. The lowest BCUT2D eigenvalue weighted by Crippen LogP contribution is -2.11. The van der Waals surface area contributed by atoms with E-state index in [1.54, 1.807) is 87.0 Å². The van der Waals surface area contributed by atoms with Crippen molar-refractivity contribution in [1.29, 1.82) is 0 Å². The number of phenolic OH excluding ortho intramolecular Hbond substituents is 1. The third kappa shape index (κ3) is 7.17. The van der Waals surface area contributed by atoms with Crippen molar-refractivity contribution in [2.75, 3.05) is 0 Å². The highest BCUT2D eigenvalue weighted by molar-refractivity contribution is 5.97. The van der Waals surface area contributed by atoms with Crippen molar-refractivity contribution in [1.82, 2.24) is 14.5 Å². The number of pyridine rings is 1. The molecule has 57 heavy (non-hydrogen) atoms. The number of nitrogens with zero attached hydrogens (tertiary/aromatic N) is 3. The van der Waals surface area contributed by atoms with E-state index in [0.717, 1.165) is 11.1 Å². The molecule has 4 nitrogen and oxygen atoms in total. The lowest BCUT2D eigenvalue weighted by Gasteiger charge is -2.22. The molecule has 0 bridgehead atoms. The predicted octanol–water partition coefficient (Wildman–Crippen LogP) is 14.3. The average molecular weight is 756 g/mol. The van der Waals surface area contributed by atoms with Crippen molar-refractivity contribution in [3.05, 3.63) is 168 Å². The van der Waals surface area contributed by atoms with Crippen molar-refractivity contribution >= 4 is 11.0 Å². The smallest absolute Gasteiger partial charge is 0.149 e. The van der Waals surface area contributed by atoms with E-state index in [2.05, 4.69) is 26.8 Å². The molecule has 0 saturated heterocycles. The van der Waals surface area contributed by atoms with Crippen LogP contribution in [0.3, 0.4) is 0 Å². The molecule has 0 saturated carbocycles. The maximum atomic E-state index is 11.4. The van der Waals surface area contributed by atoms with Crippen LogP contribution >= 0.6 is 0 Å². The lowest BCUT2D eigenvalue weighted by atomic mass is 9.83. The summed E-state index contributed by atoms with van der Waals surface area (Å²) in [5, 5.41) is 11.4. The summed E-state index contributed by atoms with van der Waals surface area (Å²) in [5.74, 6) is -1.89. The Bertz CT molecular complexity index is 3200. The molecule has 1 N–H and O–H groups in total. The molecule has 0 spiro atoms. The molecule has 0 atom stereocenters. The molecule has 284 valence electrons. The van der Waals surface area contributed by atoms with E-state index >= 15 is 0 Å². The number of rotatable bonds is 8. The van der Waals surface area contributed by atoms with Crippen LogP contribution in [-0.4, -0.2) is 19.6 Å². The molecule has 0 amide bonds. The summed E-state index contributed by atoms with van der Waals surface area (Å²) in [6.07, 6.45) is 1.56. The Balaban J connectivity index is 1.39. The summed E-state index contributed by atoms with van der Waals surface area (Å²) in [5.41, 5.74) is 8.11. The van der Waals surface area contributed by atoms with Gasteiger partial charge in [-0.25, -0.2) is 4.98 Å². The fourth-order valence-corrected chi connectivity index (χ4v) is 7.50. The number of aromatic nitrogens is 3. The van der Waals surface area contributed by atoms with E-state index in [9.17, 15) is 5.11 Å². The number of benzene rings is 6. The van der Waals surface area contributed by atoms with Gasteiger partial charge in [0.2, 0.25) is 0 Å². The maximum Gasteiger partial charge on any atom is 0.149 e. The second kappa shape index (κ2) is 15.0. The zero-order valence-corrected chi connectivity index (χ0v) is 33.3. The molecule has 0 fully saturated rings. The van der Waals surface area contributed by atoms with Crippen LogP contribution < -0.4 is 0 Å². The molecule has 0 aliphatic carbocycles. The van der Waals surface area contributed by atoms with E-state index in [-0.39, 0.29) is 34.4 Å². The Labute approximate surface area is 351 Å². The summed E-state index contributed by atoms with van der Waals surface area (Å²) in [4.78, 5) is 9.95. The highest BCUT2D eigenvalue weighted by Gasteiger charge is 2.24. The van der Waals surface area contributed by atoms with Crippen LogP contribution in [0.5, 0.6) is 5.75 Å². The van der Waals surface area contributed by atoms with Gasteiger partial charge in [-0.3, -0.25) is 9.55 Å². The second-order valence-corrected chi connectivity index (χ2v) is 15.9. The Hall–Kier alpha value is -6.26. The number of fused-ring (bicyclic) bond motifs is 1. The second-order valence-electron chi connectivity index (χ2n) is 15.9. The standard InChI is InChI=1S/C53H51N3O/c1-33(2)42-19-14-20-43(34(3)4)50(42)38-24-25-47(35(5)28-38)56-48-22-15-21-44(51(48)55-52(56)45-18-12-13-23-49(45)57)39-29-40(31-41(30-39)53(6,7)8)46-32-37(26-27-54-46)36-16-10-9-11-17-36/h9-34,57H,1-8H3/i5D3,9D,10D,11D,16D,17D,33D,34D. The van der Waals surface area contributed by atoms with Crippen LogP contribution in [0.15, 0.2) is 146 Å². The first-order valence-corrected chi connectivity index (χ1v) is 19.1. The Morgan fingerprint density at radius 1 is 0.684 bits per heavy atom. The zero-order valence-electron chi connectivity index (χ0n) is 43.3. The van der Waals surface area contributed by atoms with Gasteiger partial charge in [0.05, 0.1) is 34.8 Å². The molecule has 8 aromatic rings. The molecule has 0 aliphatic heterocycles. The van der Waals surface area contributed by atoms with E-state index in [1.165, 1.54) is 0 Å². The predicted molar refractivity (Wildman–Crippen MR) is 239 cm³/mol. The van der Waals surface area contributed by atoms with Crippen molar-refractivity contribution in [3.8, 4) is 67.5 Å². The molecule has 0 radical (unpaired) electrons. The van der Waals surface area contributed by atoms with Crippen molar-refractivity contribution in [3.63, 3.8) is 0 Å². The van der Waals surface area contributed by atoms with Crippen LogP contribution in [0.2, 0.25) is 0 Å². The largest absolute Gasteiger partial charge is 0.507 e. The van der Waals surface area contributed by atoms with Gasteiger partial charge in [-0.1, -0.05) is 133 Å². The molecule has 2 heterocycles. The molecule has 0 unspecified atom stereocenters. The van der Waals surface area contributed by atoms with Crippen molar-refractivity contribution in [2.24, 2.45) is 0 Å². The highest BCUT2D eigenvalue weighted by Crippen LogP contribution is 2.42. The van der Waals surface area contributed by atoms with E-state index < -0.39 is 36.8 Å². The van der Waals surface area contributed by atoms with E-state index in [0.29, 0.717) is 72.7 Å². The molecule has 4 heteroatoms. The number of aryl methyl sites for hydroxylation is 1. The molecular weight excluding hydrogens is 695 g/mol. The molecular formula is C53H51N3O. The van der Waals surface area contributed by atoms with Crippen LogP contribution in [0.25, 0.3) is 72.7 Å². The maximum absolute atomic E-state index is 11.4. The van der Waals surface area contributed by atoms with Gasteiger partial charge < -0.3 is 5.11 Å². The van der Waals surface area contributed by atoms with E-state index in [4.69, 9.17) is 23.7 Å². The summed E-state index contributed by atoms with van der Waals surface area (Å²) in [6, 6.07) is 30.7. The minimum Gasteiger partial charge on any atom is -0.507 e. The van der Waals surface area contributed by atoms with Crippen LogP contribution in [0.1, 0.15) is 96.2 Å². The number of phenols is 1. The first-order valence-electron chi connectivity index (χ1n) is 24.1. The SMILES string of the molecule is [2H]c1c([2H])c([2H])c(-c2ccnc(-c3cc(-c4cccc5c4nc(-c4ccccc4O)n5-c4ccc(-c5c(C([2H])(C)C)cccc5C([2H])(C)C)cc4C([2H])([2H])[2H])cc(C(C)(C)C)c3)c2)c([2H])c1[2H]. The highest BCUT2D eigenvalue weighted by atomic mass is 16.3. The summed E-state index contributed by atoms with van der Waals surface area (Å²) < 4.78 is 88.8. The van der Waals surface area contributed by atoms with E-state index in [1.807, 2.05) is 54.6 Å². The quantitative estimate of drug-likeness (QED) is 0.168. The number of hydrogen-bond acceptors (Lipinski definition) is 3. The Morgan fingerprint density at radius 3 is 2.09 bits per heavy atom. The third-order valence-corrected chi connectivity index (χ3v) is 10.5. The normalized spacial score (nSPS) is 15.0. The Kier molecular flexibility index (Phi) is 7.20. The van der Waals surface area contributed by atoms with Crippen LogP contribution in [0, 0.1) is 6.85 Å². The first-order chi connectivity index (χ1) is 31.3. The van der Waals surface area contributed by atoms with Gasteiger partial charge in [-0.05, 0) is 129 Å². The number of hydrogen-bond donors (Lipinski definition) is 1. The van der Waals surface area contributed by atoms with Gasteiger partial charge in [-0.2, -0.15) is 0 Å². The molecule has 6 aromatic carbocycles. The first kappa shape index (κ1) is 27.4. The number of imidazole rings is 1. The fourth-order valence-electron chi connectivity index (χ4n) is 7.50. The van der Waals surface area contributed by atoms with Crippen LogP contribution in [0.4, 0.5) is 0 Å². The summed E-state index contributed by atoms with van der Waals surface area (Å²) in [6.45, 7) is 10.7. The van der Waals surface area contributed by atoms with Gasteiger partial charge >= 0.3 is 0 Å². The van der Waals surface area contributed by atoms with Crippen molar-refractivity contribution < 1.29 is 18.8 Å². The number of para-hydroxylation sites is 2. The van der Waals surface area contributed by atoms with Gasteiger partial charge in [0.15, 0.2) is 0 Å². The minimum atomic E-state index is -2.65. The third-order valence-electron chi connectivity index (χ3n) is 10.5. The van der Waals surface area contributed by atoms with Gasteiger partial charge in [0, 0.05) is 24.2 Å². The number of aromatic hydroxyl groups is 1. The monoisotopic (exact) mass is 755 g/mol. The van der Waals surface area contributed by atoms with Crippen molar-refractivity contribution in [2.45, 2.75) is 72.5 Å². The average Bonchev–Trinajstić information content (AvgIpc) is 3.65. The molecule has 8 rings (SSSR count). The summed E-state index contributed by atoms with van der Waals surface area (Å²) in [7, 11) is 0. The molecule has 0 aliphatic rings. The zero-order chi connectivity index (χ0) is 48.7. The van der Waals surface area contributed by atoms with Gasteiger partial charge in [-0.15, -0.1) is 0 Å². The van der Waals surface area contributed by atoms with Crippen LogP contribution in [-0.2, 0) is 5.41 Å². The minimum absolute atomic E-state index is 0.0137. The van der Waals surface area contributed by atoms with Gasteiger partial charge in [0.1, 0.15) is 11.6 Å². The summed E-state index contributed by atoms with van der Waals surface area (Å²) >= 11 is 0. The molecule has 2 aromatic heterocycles. The topological polar surface area (TPSA) is 50.9 Å². The van der Waals surface area contributed by atoms with Gasteiger partial charge in [0.25, 0.3) is 0 Å².